The Balaban J connectivity index is 2.41. The summed E-state index contributed by atoms with van der Waals surface area (Å²) in [5.74, 6) is -2.08. The van der Waals surface area contributed by atoms with E-state index in [1.807, 2.05) is 0 Å². The van der Waals surface area contributed by atoms with Gasteiger partial charge in [0.15, 0.2) is 0 Å². The van der Waals surface area contributed by atoms with Crippen LogP contribution >= 0.6 is 32.3 Å². The van der Waals surface area contributed by atoms with Crippen molar-refractivity contribution in [2.45, 2.75) is 9.79 Å². The van der Waals surface area contributed by atoms with E-state index in [9.17, 15) is 9.18 Å². The van der Waals surface area contributed by atoms with E-state index in [0.717, 1.165) is 11.6 Å². The summed E-state index contributed by atoms with van der Waals surface area (Å²) in [6.07, 6.45) is 13.4. The predicted octanol–water partition coefficient (Wildman–Crippen LogP) is 5.42. The van der Waals surface area contributed by atoms with Crippen molar-refractivity contribution < 1.29 is 14.3 Å². The van der Waals surface area contributed by atoms with Crippen LogP contribution in [0, 0.1) is 5.82 Å². The van der Waals surface area contributed by atoms with E-state index < -0.39 is 31.8 Å². The van der Waals surface area contributed by atoms with Gasteiger partial charge in [0.25, 0.3) is 0 Å². The third-order valence-electron chi connectivity index (χ3n) is 4.01. The molecular formula is C20H26FNO2S3. The van der Waals surface area contributed by atoms with Crippen LogP contribution in [0.3, 0.4) is 0 Å². The van der Waals surface area contributed by atoms with E-state index >= 15 is 0 Å². The third kappa shape index (κ3) is 5.46. The van der Waals surface area contributed by atoms with Crippen LogP contribution in [0.25, 0.3) is 0 Å². The van der Waals surface area contributed by atoms with Crippen LogP contribution in [0.15, 0.2) is 46.2 Å². The van der Waals surface area contributed by atoms with Gasteiger partial charge in [0.05, 0.1) is 5.56 Å². The maximum Gasteiger partial charge on any atom is 0.338 e. The zero-order valence-corrected chi connectivity index (χ0v) is 18.9. The van der Waals surface area contributed by atoms with Gasteiger partial charge in [-0.2, -0.15) is 0 Å². The summed E-state index contributed by atoms with van der Waals surface area (Å²) in [4.78, 5) is 14.0. The van der Waals surface area contributed by atoms with Crippen molar-refractivity contribution >= 4 is 48.9 Å². The zero-order chi connectivity index (χ0) is 20.6. The summed E-state index contributed by atoms with van der Waals surface area (Å²) in [6, 6.07) is 10.4. The molecule has 0 atom stereocenters. The van der Waals surface area contributed by atoms with Crippen molar-refractivity contribution in [2.75, 3.05) is 42.9 Å². The summed E-state index contributed by atoms with van der Waals surface area (Å²) in [6.45, 7) is 0. The monoisotopic (exact) mass is 427 g/mol. The van der Waals surface area contributed by atoms with Gasteiger partial charge >= 0.3 is 5.97 Å². The van der Waals surface area contributed by atoms with E-state index in [1.54, 1.807) is 0 Å². The number of benzene rings is 2. The van der Waals surface area contributed by atoms with Crippen molar-refractivity contribution in [3.63, 3.8) is 0 Å². The maximum atomic E-state index is 13.9. The highest BCUT2D eigenvalue weighted by Crippen LogP contribution is 2.51. The highest BCUT2D eigenvalue weighted by atomic mass is 32.3. The fourth-order valence-corrected chi connectivity index (χ4v) is 4.61. The average molecular weight is 428 g/mol. The highest BCUT2D eigenvalue weighted by Gasteiger charge is 2.17. The molecule has 0 fully saturated rings. The first-order valence-electron chi connectivity index (χ1n) is 8.15. The SMILES string of the molecule is CS(C)(C)c1cc(C(=S)Nc2ccc(C(=O)O)c(F)c2)cc(S(C)(C)C)c1. The molecule has 2 N–H and O–H groups in total. The Morgan fingerprint density at radius 3 is 1.89 bits per heavy atom. The minimum Gasteiger partial charge on any atom is -0.478 e. The van der Waals surface area contributed by atoms with Crippen LogP contribution in [0.4, 0.5) is 10.1 Å². The molecule has 0 aliphatic heterocycles. The largest absolute Gasteiger partial charge is 0.478 e. The molecule has 7 heteroatoms. The molecule has 0 unspecified atom stereocenters. The number of rotatable bonds is 5. The molecule has 0 aromatic heterocycles. The molecule has 2 rings (SSSR count). The van der Waals surface area contributed by atoms with E-state index in [-0.39, 0.29) is 5.56 Å². The number of carboxylic acid groups (broad SMARTS) is 1. The fraction of sp³-hybridized carbons (Fsp3) is 0.300. The molecule has 0 heterocycles. The normalized spacial score (nSPS) is 13.1. The summed E-state index contributed by atoms with van der Waals surface area (Å²) in [5, 5.41) is 12.0. The zero-order valence-electron chi connectivity index (χ0n) is 16.4. The van der Waals surface area contributed by atoms with Gasteiger partial charge in [0.2, 0.25) is 0 Å². The molecule has 0 aliphatic carbocycles. The number of halogens is 1. The number of carbonyl (C=O) groups is 1. The molecule has 2 aromatic rings. The topological polar surface area (TPSA) is 49.3 Å². The molecule has 0 saturated carbocycles. The molecule has 0 spiro atoms. The van der Waals surface area contributed by atoms with E-state index in [2.05, 4.69) is 61.1 Å². The van der Waals surface area contributed by atoms with E-state index in [0.29, 0.717) is 10.7 Å². The van der Waals surface area contributed by atoms with Gasteiger partial charge in [-0.15, -0.1) is 0 Å². The number of hydrogen-bond acceptors (Lipinski definition) is 2. The van der Waals surface area contributed by atoms with Crippen LogP contribution in [0.2, 0.25) is 0 Å². The van der Waals surface area contributed by atoms with E-state index in [1.165, 1.54) is 21.9 Å². The molecular weight excluding hydrogens is 401 g/mol. The Labute approximate surface area is 169 Å². The summed E-state index contributed by atoms with van der Waals surface area (Å²) < 4.78 is 13.9. The van der Waals surface area contributed by atoms with Gasteiger partial charge in [-0.05, 0) is 83.7 Å². The number of carboxylic acids is 1. The second-order valence-corrected chi connectivity index (χ2v) is 16.5. The van der Waals surface area contributed by atoms with Gasteiger partial charge in [-0.25, -0.2) is 29.2 Å². The number of hydrogen-bond donors (Lipinski definition) is 2. The van der Waals surface area contributed by atoms with Gasteiger partial charge < -0.3 is 10.4 Å². The lowest BCUT2D eigenvalue weighted by Gasteiger charge is -2.32. The number of nitrogens with one attached hydrogen (secondary N) is 1. The molecule has 0 bridgehead atoms. The van der Waals surface area contributed by atoms with Gasteiger partial charge in [0, 0.05) is 11.3 Å². The highest BCUT2D eigenvalue weighted by molar-refractivity contribution is 8.32. The van der Waals surface area contributed by atoms with Gasteiger partial charge in [-0.1, -0.05) is 12.2 Å². The number of aromatic carboxylic acids is 1. The van der Waals surface area contributed by atoms with Crippen molar-refractivity contribution in [1.82, 2.24) is 0 Å². The van der Waals surface area contributed by atoms with Gasteiger partial charge in [0.1, 0.15) is 10.8 Å². The second kappa shape index (κ2) is 7.81. The second-order valence-electron chi connectivity index (χ2n) is 7.82. The van der Waals surface area contributed by atoms with Crippen molar-refractivity contribution in [1.29, 1.82) is 0 Å². The lowest BCUT2D eigenvalue weighted by atomic mass is 10.1. The smallest absolute Gasteiger partial charge is 0.338 e. The Hall–Kier alpha value is -1.57. The lowest BCUT2D eigenvalue weighted by Crippen LogP contribution is -2.13. The minimum atomic E-state index is -1.29. The molecule has 0 saturated heterocycles. The molecule has 0 aliphatic rings. The summed E-state index contributed by atoms with van der Waals surface area (Å²) >= 11 is 5.56. The van der Waals surface area contributed by atoms with Crippen molar-refractivity contribution in [3.05, 3.63) is 53.3 Å². The standard InChI is InChI=1S/C20H26FNO2S3/c1-26(2,3)15-9-13(10-16(12-15)27(4,5)6)19(25)22-14-7-8-17(20(23)24)18(21)11-14/h7-12H,1-6H3,(H,22,25)(H,23,24). The van der Waals surface area contributed by atoms with Crippen molar-refractivity contribution in [3.8, 4) is 0 Å². The average Bonchev–Trinajstić information content (AvgIpc) is 2.52. The van der Waals surface area contributed by atoms with Crippen LogP contribution in [0.5, 0.6) is 0 Å². The first-order chi connectivity index (χ1) is 12.3. The van der Waals surface area contributed by atoms with E-state index in [4.69, 9.17) is 17.3 Å². The Kier molecular flexibility index (Phi) is 6.29. The number of anilines is 1. The lowest BCUT2D eigenvalue weighted by molar-refractivity contribution is 0.0692. The van der Waals surface area contributed by atoms with Crippen LogP contribution in [-0.4, -0.2) is 53.6 Å². The first-order valence-corrected chi connectivity index (χ1v) is 14.3. The molecule has 3 nitrogen and oxygen atoms in total. The van der Waals surface area contributed by atoms with Crippen molar-refractivity contribution in [2.24, 2.45) is 0 Å². The molecule has 0 radical (unpaired) electrons. The maximum absolute atomic E-state index is 13.9. The Morgan fingerprint density at radius 1 is 0.963 bits per heavy atom. The number of thiocarbonyl (C=S) groups is 1. The Bertz CT molecular complexity index is 867. The van der Waals surface area contributed by atoms with Crippen LogP contribution in [0.1, 0.15) is 15.9 Å². The quantitative estimate of drug-likeness (QED) is 0.626. The Morgan fingerprint density at radius 2 is 1.48 bits per heavy atom. The fourth-order valence-electron chi connectivity index (χ4n) is 2.38. The molecule has 0 amide bonds. The van der Waals surface area contributed by atoms with Crippen LogP contribution in [-0.2, 0) is 0 Å². The third-order valence-corrected chi connectivity index (χ3v) is 7.65. The predicted molar refractivity (Wildman–Crippen MR) is 122 cm³/mol. The summed E-state index contributed by atoms with van der Waals surface area (Å²) in [5.41, 5.74) is 0.967. The first kappa shape index (κ1) is 21.7. The van der Waals surface area contributed by atoms with Crippen LogP contribution < -0.4 is 5.32 Å². The minimum absolute atomic E-state index is 0.358. The molecule has 148 valence electrons. The summed E-state index contributed by atoms with van der Waals surface area (Å²) in [7, 11) is -1.87. The van der Waals surface area contributed by atoms with Gasteiger partial charge in [-0.3, -0.25) is 0 Å². The molecule has 2 aromatic carbocycles. The molecule has 27 heavy (non-hydrogen) atoms.